The molecule has 0 radical (unpaired) electrons. The molecular weight excluding hydrogens is 198 g/mol. The fraction of sp³-hybridized carbons (Fsp3) is 0.615. The molecule has 0 saturated heterocycles. The number of nitrogens with one attached hydrogen (secondary N) is 2. The monoisotopic (exact) mass is 219 g/mol. The molecule has 0 atom stereocenters. The highest BCUT2D eigenvalue weighted by Gasteiger charge is 2.19. The van der Waals surface area contributed by atoms with E-state index in [-0.39, 0.29) is 0 Å². The van der Waals surface area contributed by atoms with Gasteiger partial charge in [-0.1, -0.05) is 6.07 Å². The summed E-state index contributed by atoms with van der Waals surface area (Å²) in [6, 6.07) is 4.93. The van der Waals surface area contributed by atoms with E-state index in [9.17, 15) is 0 Å². The Kier molecular flexibility index (Phi) is 4.31. The molecule has 1 aromatic heterocycles. The number of pyridine rings is 1. The third kappa shape index (κ3) is 3.91. The van der Waals surface area contributed by atoms with E-state index in [1.165, 1.54) is 24.8 Å². The topological polar surface area (TPSA) is 37.0 Å². The third-order valence-corrected chi connectivity index (χ3v) is 2.95. The van der Waals surface area contributed by atoms with Gasteiger partial charge in [0.15, 0.2) is 0 Å². The van der Waals surface area contributed by atoms with Gasteiger partial charge in [-0.2, -0.15) is 0 Å². The van der Waals surface area contributed by atoms with E-state index in [0.29, 0.717) is 0 Å². The number of nitrogens with zero attached hydrogens (tertiary/aromatic N) is 1. The Morgan fingerprint density at radius 1 is 1.38 bits per heavy atom. The van der Waals surface area contributed by atoms with Gasteiger partial charge in [0, 0.05) is 18.8 Å². The van der Waals surface area contributed by atoms with Gasteiger partial charge in [0.25, 0.3) is 0 Å². The van der Waals surface area contributed by atoms with Crippen LogP contribution < -0.4 is 10.6 Å². The van der Waals surface area contributed by atoms with Gasteiger partial charge >= 0.3 is 0 Å². The Labute approximate surface area is 97.7 Å². The molecule has 0 bridgehead atoms. The van der Waals surface area contributed by atoms with Gasteiger partial charge in [-0.3, -0.25) is 4.98 Å². The number of aromatic nitrogens is 1. The van der Waals surface area contributed by atoms with E-state index < -0.39 is 0 Å². The van der Waals surface area contributed by atoms with Crippen LogP contribution in [-0.4, -0.2) is 24.1 Å². The number of aryl methyl sites for hydroxylation is 1. The number of hydrogen-bond acceptors (Lipinski definition) is 3. The lowest BCUT2D eigenvalue weighted by Gasteiger charge is -2.07. The van der Waals surface area contributed by atoms with Crippen LogP contribution in [-0.2, 0) is 6.54 Å². The second kappa shape index (κ2) is 5.97. The molecule has 2 rings (SSSR count). The van der Waals surface area contributed by atoms with E-state index in [4.69, 9.17) is 0 Å². The molecule has 0 aromatic carbocycles. The molecule has 16 heavy (non-hydrogen) atoms. The molecule has 1 aliphatic rings. The highest BCUT2D eigenvalue weighted by molar-refractivity contribution is 5.17. The Bertz CT molecular complexity index is 321. The van der Waals surface area contributed by atoms with Gasteiger partial charge < -0.3 is 10.6 Å². The second-order valence-corrected chi connectivity index (χ2v) is 4.53. The van der Waals surface area contributed by atoms with Crippen LogP contribution in [0.4, 0.5) is 0 Å². The quantitative estimate of drug-likeness (QED) is 0.684. The van der Waals surface area contributed by atoms with Crippen molar-refractivity contribution in [1.82, 2.24) is 15.6 Å². The van der Waals surface area contributed by atoms with Crippen LogP contribution in [0.2, 0.25) is 0 Å². The summed E-state index contributed by atoms with van der Waals surface area (Å²) in [5.74, 6) is 0. The first-order chi connectivity index (χ1) is 7.86. The summed E-state index contributed by atoms with van der Waals surface area (Å²) in [7, 11) is 0. The summed E-state index contributed by atoms with van der Waals surface area (Å²) in [4.78, 5) is 4.36. The van der Waals surface area contributed by atoms with Crippen molar-refractivity contribution < 1.29 is 0 Å². The highest BCUT2D eigenvalue weighted by Crippen LogP contribution is 2.18. The van der Waals surface area contributed by atoms with Crippen LogP contribution in [0.15, 0.2) is 18.3 Å². The van der Waals surface area contributed by atoms with Crippen LogP contribution in [0.1, 0.15) is 30.5 Å². The first-order valence-electron chi connectivity index (χ1n) is 6.21. The summed E-state index contributed by atoms with van der Waals surface area (Å²) in [6.45, 7) is 5.20. The standard InChI is InChI=1S/C13H21N3/c1-11-4-2-8-16-13(11)10-14-7-3-9-15-12-5-6-12/h2,4,8,12,14-15H,3,5-7,9-10H2,1H3. The normalized spacial score (nSPS) is 15.3. The van der Waals surface area contributed by atoms with E-state index >= 15 is 0 Å². The Balaban J connectivity index is 1.55. The van der Waals surface area contributed by atoms with Crippen molar-refractivity contribution in [3.63, 3.8) is 0 Å². The predicted octanol–water partition coefficient (Wildman–Crippen LogP) is 1.62. The molecule has 0 spiro atoms. The lowest BCUT2D eigenvalue weighted by molar-refractivity contribution is 0.588. The van der Waals surface area contributed by atoms with Gasteiger partial charge in [0.05, 0.1) is 5.69 Å². The molecular formula is C13H21N3. The zero-order chi connectivity index (χ0) is 11.2. The summed E-state index contributed by atoms with van der Waals surface area (Å²) >= 11 is 0. The van der Waals surface area contributed by atoms with Crippen LogP contribution in [0, 0.1) is 6.92 Å². The van der Waals surface area contributed by atoms with Crippen LogP contribution >= 0.6 is 0 Å². The van der Waals surface area contributed by atoms with Crippen molar-refractivity contribution >= 4 is 0 Å². The van der Waals surface area contributed by atoms with Crippen molar-refractivity contribution in [1.29, 1.82) is 0 Å². The molecule has 3 nitrogen and oxygen atoms in total. The number of rotatable bonds is 7. The molecule has 1 saturated carbocycles. The average Bonchev–Trinajstić information content (AvgIpc) is 3.09. The molecule has 0 unspecified atom stereocenters. The van der Waals surface area contributed by atoms with E-state index in [1.54, 1.807) is 0 Å². The SMILES string of the molecule is Cc1cccnc1CNCCCNC1CC1. The first kappa shape index (κ1) is 11.6. The van der Waals surface area contributed by atoms with Gasteiger partial charge in [-0.15, -0.1) is 0 Å². The minimum atomic E-state index is 0.832. The third-order valence-electron chi connectivity index (χ3n) is 2.95. The zero-order valence-corrected chi connectivity index (χ0v) is 10.00. The second-order valence-electron chi connectivity index (χ2n) is 4.53. The molecule has 1 aliphatic carbocycles. The zero-order valence-electron chi connectivity index (χ0n) is 10.00. The van der Waals surface area contributed by atoms with Crippen molar-refractivity contribution in [2.45, 2.75) is 38.8 Å². The average molecular weight is 219 g/mol. The Morgan fingerprint density at radius 2 is 2.25 bits per heavy atom. The van der Waals surface area contributed by atoms with E-state index in [2.05, 4.69) is 28.6 Å². The van der Waals surface area contributed by atoms with Crippen molar-refractivity contribution in [2.75, 3.05) is 13.1 Å². The van der Waals surface area contributed by atoms with E-state index in [1.807, 2.05) is 12.3 Å². The summed E-state index contributed by atoms with van der Waals surface area (Å²) in [5.41, 5.74) is 2.43. The minimum absolute atomic E-state index is 0.832. The van der Waals surface area contributed by atoms with Crippen LogP contribution in [0.3, 0.4) is 0 Å². The van der Waals surface area contributed by atoms with E-state index in [0.717, 1.165) is 31.4 Å². The summed E-state index contributed by atoms with van der Waals surface area (Å²) in [5, 5.41) is 6.95. The largest absolute Gasteiger partial charge is 0.314 e. The maximum Gasteiger partial charge on any atom is 0.0570 e. The maximum absolute atomic E-state index is 4.36. The first-order valence-corrected chi connectivity index (χ1v) is 6.21. The molecule has 2 N–H and O–H groups in total. The fourth-order valence-electron chi connectivity index (χ4n) is 1.72. The molecule has 1 aromatic rings. The van der Waals surface area contributed by atoms with Gasteiger partial charge in [-0.25, -0.2) is 0 Å². The maximum atomic E-state index is 4.36. The van der Waals surface area contributed by atoms with Crippen molar-refractivity contribution in [2.24, 2.45) is 0 Å². The summed E-state index contributed by atoms with van der Waals surface area (Å²) in [6.07, 6.45) is 5.81. The minimum Gasteiger partial charge on any atom is -0.314 e. The van der Waals surface area contributed by atoms with Crippen molar-refractivity contribution in [3.8, 4) is 0 Å². The lowest BCUT2D eigenvalue weighted by Crippen LogP contribution is -2.23. The van der Waals surface area contributed by atoms with Gasteiger partial charge in [0.1, 0.15) is 0 Å². The molecule has 88 valence electrons. The molecule has 0 aliphatic heterocycles. The predicted molar refractivity (Wildman–Crippen MR) is 66.3 cm³/mol. The fourth-order valence-corrected chi connectivity index (χ4v) is 1.72. The molecule has 0 amide bonds. The molecule has 3 heteroatoms. The molecule has 1 heterocycles. The lowest BCUT2D eigenvalue weighted by atomic mass is 10.2. The highest BCUT2D eigenvalue weighted by atomic mass is 15.0. The smallest absolute Gasteiger partial charge is 0.0570 e. The number of hydrogen-bond donors (Lipinski definition) is 2. The Hall–Kier alpha value is -0.930. The summed E-state index contributed by atoms with van der Waals surface area (Å²) < 4.78 is 0. The van der Waals surface area contributed by atoms with Crippen LogP contribution in [0.5, 0.6) is 0 Å². The van der Waals surface area contributed by atoms with Gasteiger partial charge in [-0.05, 0) is 50.9 Å². The van der Waals surface area contributed by atoms with Crippen molar-refractivity contribution in [3.05, 3.63) is 29.6 Å². The molecule has 1 fully saturated rings. The van der Waals surface area contributed by atoms with Gasteiger partial charge in [0.2, 0.25) is 0 Å². The van der Waals surface area contributed by atoms with Crippen LogP contribution in [0.25, 0.3) is 0 Å². The Morgan fingerprint density at radius 3 is 3.00 bits per heavy atom.